The molecule has 1 aromatic carbocycles. The summed E-state index contributed by atoms with van der Waals surface area (Å²) in [6.45, 7) is 7.12. The van der Waals surface area contributed by atoms with Crippen LogP contribution in [0.15, 0.2) is 24.3 Å². The van der Waals surface area contributed by atoms with Crippen molar-refractivity contribution in [2.45, 2.75) is 26.4 Å². The maximum atomic E-state index is 12.4. The first kappa shape index (κ1) is 14.5. The van der Waals surface area contributed by atoms with Gasteiger partial charge < -0.3 is 4.74 Å². The van der Waals surface area contributed by atoms with Gasteiger partial charge in [0, 0.05) is 0 Å². The Morgan fingerprint density at radius 3 is 2.55 bits per heavy atom. The van der Waals surface area contributed by atoms with E-state index in [1.165, 1.54) is 7.11 Å². The number of benzene rings is 1. The first-order chi connectivity index (χ1) is 9.43. The van der Waals surface area contributed by atoms with E-state index in [2.05, 4.69) is 4.90 Å². The summed E-state index contributed by atoms with van der Waals surface area (Å²) in [4.78, 5) is 28.0. The Balaban J connectivity index is 2.51. The molecule has 0 saturated carbocycles. The summed E-state index contributed by atoms with van der Waals surface area (Å²) in [7, 11) is 1.34. The van der Waals surface area contributed by atoms with Crippen molar-refractivity contribution in [1.29, 1.82) is 0 Å². The largest absolute Gasteiger partial charge is 0.465 e. The number of para-hydroxylation sites is 1. The van der Waals surface area contributed by atoms with Crippen LogP contribution in [-0.4, -0.2) is 42.6 Å². The lowest BCUT2D eigenvalue weighted by atomic mass is 10.1. The standard InChI is InChI=1S/C15H20N2O3/c1-5-16-10-13(18)17(15(16,2)3)12-9-7-6-8-11(12)14(19)20-4/h6-9H,5,10H2,1-4H3. The molecule has 0 bridgehead atoms. The minimum Gasteiger partial charge on any atom is -0.465 e. The van der Waals surface area contributed by atoms with Gasteiger partial charge in [0.2, 0.25) is 5.91 Å². The van der Waals surface area contributed by atoms with Crippen LogP contribution in [0.1, 0.15) is 31.1 Å². The van der Waals surface area contributed by atoms with Crippen LogP contribution in [0.4, 0.5) is 5.69 Å². The van der Waals surface area contributed by atoms with Crippen molar-refractivity contribution in [2.24, 2.45) is 0 Å². The number of hydrogen-bond donors (Lipinski definition) is 0. The highest BCUT2D eigenvalue weighted by Crippen LogP contribution is 2.34. The van der Waals surface area contributed by atoms with Crippen molar-refractivity contribution in [1.82, 2.24) is 4.90 Å². The van der Waals surface area contributed by atoms with E-state index in [-0.39, 0.29) is 5.91 Å². The fraction of sp³-hybridized carbons (Fsp3) is 0.467. The molecule has 20 heavy (non-hydrogen) atoms. The summed E-state index contributed by atoms with van der Waals surface area (Å²) in [6.07, 6.45) is 0. The van der Waals surface area contributed by atoms with Gasteiger partial charge in [0.05, 0.1) is 30.6 Å². The lowest BCUT2D eigenvalue weighted by Crippen LogP contribution is -2.49. The second-order valence-corrected chi connectivity index (χ2v) is 5.25. The smallest absolute Gasteiger partial charge is 0.339 e. The summed E-state index contributed by atoms with van der Waals surface area (Å²) in [5.74, 6) is -0.438. The second kappa shape index (κ2) is 5.25. The third kappa shape index (κ3) is 2.18. The van der Waals surface area contributed by atoms with Gasteiger partial charge in [-0.3, -0.25) is 14.6 Å². The molecule has 0 unspecified atom stereocenters. The molecule has 1 aliphatic rings. The van der Waals surface area contributed by atoms with E-state index < -0.39 is 11.6 Å². The molecule has 5 heteroatoms. The lowest BCUT2D eigenvalue weighted by Gasteiger charge is -2.37. The van der Waals surface area contributed by atoms with Crippen molar-refractivity contribution >= 4 is 17.6 Å². The molecule has 1 saturated heterocycles. The first-order valence-corrected chi connectivity index (χ1v) is 6.69. The zero-order chi connectivity index (χ0) is 14.9. The minimum absolute atomic E-state index is 0.00629. The van der Waals surface area contributed by atoms with E-state index in [4.69, 9.17) is 4.74 Å². The SMILES string of the molecule is CCN1CC(=O)N(c2ccccc2C(=O)OC)C1(C)C. The molecule has 1 aliphatic heterocycles. The monoisotopic (exact) mass is 276 g/mol. The van der Waals surface area contributed by atoms with Gasteiger partial charge in [-0.05, 0) is 32.5 Å². The molecule has 1 aromatic rings. The fourth-order valence-electron chi connectivity index (χ4n) is 2.75. The molecule has 108 valence electrons. The third-order valence-corrected chi connectivity index (χ3v) is 3.83. The van der Waals surface area contributed by atoms with E-state index in [9.17, 15) is 9.59 Å². The Morgan fingerprint density at radius 2 is 2.00 bits per heavy atom. The minimum atomic E-state index is -0.462. The number of carbonyl (C=O) groups excluding carboxylic acids is 2. The summed E-state index contributed by atoms with van der Waals surface area (Å²) >= 11 is 0. The molecule has 0 atom stereocenters. The highest BCUT2D eigenvalue weighted by molar-refractivity contribution is 6.05. The molecular weight excluding hydrogens is 256 g/mol. The Morgan fingerprint density at radius 1 is 1.35 bits per heavy atom. The van der Waals surface area contributed by atoms with Crippen LogP contribution < -0.4 is 4.90 Å². The number of likely N-dealkylation sites (N-methyl/N-ethyl adjacent to an activating group) is 1. The van der Waals surface area contributed by atoms with Crippen LogP contribution in [0.2, 0.25) is 0 Å². The zero-order valence-electron chi connectivity index (χ0n) is 12.3. The van der Waals surface area contributed by atoms with Crippen molar-refractivity contribution in [3.63, 3.8) is 0 Å². The van der Waals surface area contributed by atoms with Crippen molar-refractivity contribution < 1.29 is 14.3 Å². The molecule has 1 amide bonds. The van der Waals surface area contributed by atoms with E-state index in [0.717, 1.165) is 6.54 Å². The molecule has 0 aromatic heterocycles. The van der Waals surface area contributed by atoms with E-state index in [1.807, 2.05) is 26.8 Å². The quantitative estimate of drug-likeness (QED) is 0.791. The van der Waals surface area contributed by atoms with Crippen LogP contribution in [0.25, 0.3) is 0 Å². The lowest BCUT2D eigenvalue weighted by molar-refractivity contribution is -0.116. The molecule has 2 rings (SSSR count). The number of amides is 1. The van der Waals surface area contributed by atoms with Gasteiger partial charge in [-0.1, -0.05) is 19.1 Å². The Bertz CT molecular complexity index is 540. The number of nitrogens with zero attached hydrogens (tertiary/aromatic N) is 2. The van der Waals surface area contributed by atoms with Crippen LogP contribution in [0.5, 0.6) is 0 Å². The number of anilines is 1. The van der Waals surface area contributed by atoms with Gasteiger partial charge in [-0.15, -0.1) is 0 Å². The van der Waals surface area contributed by atoms with Gasteiger partial charge in [-0.2, -0.15) is 0 Å². The van der Waals surface area contributed by atoms with Crippen molar-refractivity contribution in [3.05, 3.63) is 29.8 Å². The molecule has 0 N–H and O–H groups in total. The molecule has 0 aliphatic carbocycles. The summed E-state index contributed by atoms with van der Waals surface area (Å²) < 4.78 is 4.80. The predicted octanol–water partition coefficient (Wildman–Crippen LogP) is 1.88. The fourth-order valence-corrected chi connectivity index (χ4v) is 2.75. The van der Waals surface area contributed by atoms with Crippen LogP contribution >= 0.6 is 0 Å². The van der Waals surface area contributed by atoms with Gasteiger partial charge in [-0.25, -0.2) is 4.79 Å². The Kier molecular flexibility index (Phi) is 3.81. The Hall–Kier alpha value is -1.88. The Labute approximate surface area is 119 Å². The van der Waals surface area contributed by atoms with E-state index >= 15 is 0 Å². The topological polar surface area (TPSA) is 49.9 Å². The normalized spacial score (nSPS) is 18.4. The maximum Gasteiger partial charge on any atom is 0.339 e. The predicted molar refractivity (Wildman–Crippen MR) is 76.6 cm³/mol. The first-order valence-electron chi connectivity index (χ1n) is 6.69. The summed E-state index contributed by atoms with van der Waals surface area (Å²) in [5, 5.41) is 0. The molecule has 0 radical (unpaired) electrons. The third-order valence-electron chi connectivity index (χ3n) is 3.83. The molecule has 0 spiro atoms. The number of carbonyl (C=O) groups is 2. The number of methoxy groups -OCH3 is 1. The number of ether oxygens (including phenoxy) is 1. The number of esters is 1. The van der Waals surface area contributed by atoms with Gasteiger partial charge >= 0.3 is 5.97 Å². The second-order valence-electron chi connectivity index (χ2n) is 5.25. The van der Waals surface area contributed by atoms with Crippen LogP contribution in [0.3, 0.4) is 0 Å². The molecule has 1 fully saturated rings. The van der Waals surface area contributed by atoms with Crippen molar-refractivity contribution in [2.75, 3.05) is 25.1 Å². The number of rotatable bonds is 3. The van der Waals surface area contributed by atoms with Gasteiger partial charge in [0.25, 0.3) is 0 Å². The van der Waals surface area contributed by atoms with E-state index in [1.54, 1.807) is 23.1 Å². The van der Waals surface area contributed by atoms with Gasteiger partial charge in [0.1, 0.15) is 0 Å². The van der Waals surface area contributed by atoms with Crippen LogP contribution in [-0.2, 0) is 9.53 Å². The highest BCUT2D eigenvalue weighted by Gasteiger charge is 2.45. The van der Waals surface area contributed by atoms with Crippen molar-refractivity contribution in [3.8, 4) is 0 Å². The number of hydrogen-bond acceptors (Lipinski definition) is 4. The van der Waals surface area contributed by atoms with Gasteiger partial charge in [0.15, 0.2) is 0 Å². The molecule has 1 heterocycles. The summed E-state index contributed by atoms with van der Waals surface area (Å²) in [6, 6.07) is 7.05. The van der Waals surface area contributed by atoms with Crippen LogP contribution in [0, 0.1) is 0 Å². The summed E-state index contributed by atoms with van der Waals surface area (Å²) in [5.41, 5.74) is 0.551. The molecule has 5 nitrogen and oxygen atoms in total. The average Bonchev–Trinajstić information content (AvgIpc) is 2.67. The average molecular weight is 276 g/mol. The zero-order valence-corrected chi connectivity index (χ0v) is 12.3. The molecular formula is C15H20N2O3. The highest BCUT2D eigenvalue weighted by atomic mass is 16.5. The maximum absolute atomic E-state index is 12.4. The van der Waals surface area contributed by atoms with E-state index in [0.29, 0.717) is 17.8 Å².